The lowest BCUT2D eigenvalue weighted by atomic mass is 10.1. The van der Waals surface area contributed by atoms with Crippen molar-refractivity contribution in [2.75, 3.05) is 34.8 Å². The fourth-order valence-electron chi connectivity index (χ4n) is 2.20. The molecule has 2 heterocycles. The van der Waals surface area contributed by atoms with Crippen molar-refractivity contribution in [3.05, 3.63) is 36.2 Å². The summed E-state index contributed by atoms with van der Waals surface area (Å²) in [5.41, 5.74) is 1.86. The molecule has 21 heavy (non-hydrogen) atoms. The lowest BCUT2D eigenvalue weighted by Crippen LogP contribution is -2.26. The van der Waals surface area contributed by atoms with Crippen LogP contribution in [0.3, 0.4) is 0 Å². The van der Waals surface area contributed by atoms with Crippen LogP contribution < -0.4 is 10.1 Å². The van der Waals surface area contributed by atoms with E-state index in [0.717, 1.165) is 30.2 Å². The maximum absolute atomic E-state index is 5.46. The van der Waals surface area contributed by atoms with E-state index in [0.29, 0.717) is 0 Å². The molecular formula is C14H22N6O. The van der Waals surface area contributed by atoms with E-state index in [-0.39, 0.29) is 6.04 Å². The lowest BCUT2D eigenvalue weighted by Gasteiger charge is -2.19. The first-order chi connectivity index (χ1) is 10.2. The Bertz CT molecular complexity index is 554. The number of hydrogen-bond acceptors (Lipinski definition) is 6. The number of nitrogens with one attached hydrogen (secondary N) is 1. The lowest BCUT2D eigenvalue weighted by molar-refractivity contribution is 0.360. The Kier molecular flexibility index (Phi) is 5.24. The van der Waals surface area contributed by atoms with Gasteiger partial charge in [0.05, 0.1) is 31.6 Å². The summed E-state index contributed by atoms with van der Waals surface area (Å²) >= 11 is 0. The van der Waals surface area contributed by atoms with Crippen molar-refractivity contribution in [1.29, 1.82) is 0 Å². The molecular weight excluding hydrogens is 268 g/mol. The van der Waals surface area contributed by atoms with Crippen LogP contribution in [0, 0.1) is 0 Å². The van der Waals surface area contributed by atoms with E-state index in [1.165, 1.54) is 0 Å². The van der Waals surface area contributed by atoms with Gasteiger partial charge in [0.1, 0.15) is 12.0 Å². The van der Waals surface area contributed by atoms with E-state index in [4.69, 9.17) is 4.74 Å². The van der Waals surface area contributed by atoms with Crippen LogP contribution in [0.25, 0.3) is 0 Å². The zero-order valence-corrected chi connectivity index (χ0v) is 12.9. The minimum Gasteiger partial charge on any atom is -0.493 e. The van der Waals surface area contributed by atoms with Crippen LogP contribution >= 0.6 is 0 Å². The Morgan fingerprint density at radius 3 is 2.81 bits per heavy atom. The van der Waals surface area contributed by atoms with Gasteiger partial charge >= 0.3 is 0 Å². The average Bonchev–Trinajstić information content (AvgIpc) is 2.90. The molecule has 0 fully saturated rings. The Morgan fingerprint density at radius 2 is 2.24 bits per heavy atom. The van der Waals surface area contributed by atoms with Gasteiger partial charge in [-0.2, -0.15) is 5.10 Å². The number of likely N-dealkylation sites (N-methyl/N-ethyl adjacent to an activating group) is 1. The minimum atomic E-state index is -0.0902. The fraction of sp³-hybridized carbons (Fsp3) is 0.500. The monoisotopic (exact) mass is 290 g/mol. The second-order valence-corrected chi connectivity index (χ2v) is 4.98. The van der Waals surface area contributed by atoms with Gasteiger partial charge in [-0.25, -0.2) is 9.97 Å². The molecule has 7 heteroatoms. The number of hydrogen-bond donors (Lipinski definition) is 1. The van der Waals surface area contributed by atoms with Crippen LogP contribution in [-0.4, -0.2) is 59.4 Å². The SMILES string of the molecule is CNC(c1ccncn1)c1c(OC)cnn1CCN(C)C. The molecule has 1 unspecified atom stereocenters. The molecule has 0 radical (unpaired) electrons. The van der Waals surface area contributed by atoms with E-state index in [1.807, 2.05) is 31.9 Å². The average molecular weight is 290 g/mol. The molecule has 2 aromatic rings. The zero-order valence-electron chi connectivity index (χ0n) is 12.9. The first-order valence-electron chi connectivity index (χ1n) is 6.85. The van der Waals surface area contributed by atoms with Crippen LogP contribution in [-0.2, 0) is 6.54 Å². The molecule has 1 atom stereocenters. The van der Waals surface area contributed by atoms with Crippen molar-refractivity contribution in [2.45, 2.75) is 12.6 Å². The van der Waals surface area contributed by atoms with Crippen LogP contribution in [0.1, 0.15) is 17.4 Å². The first-order valence-corrected chi connectivity index (χ1v) is 6.85. The molecule has 0 aliphatic carbocycles. The number of methoxy groups -OCH3 is 1. The van der Waals surface area contributed by atoms with Gasteiger partial charge in [0, 0.05) is 12.7 Å². The van der Waals surface area contributed by atoms with E-state index >= 15 is 0 Å². The summed E-state index contributed by atoms with van der Waals surface area (Å²) in [6, 6.07) is 1.80. The number of rotatable bonds is 7. The highest BCUT2D eigenvalue weighted by atomic mass is 16.5. The predicted octanol–water partition coefficient (Wildman–Crippen LogP) is 0.552. The predicted molar refractivity (Wildman–Crippen MR) is 80.3 cm³/mol. The summed E-state index contributed by atoms with van der Waals surface area (Å²) in [5.74, 6) is 0.756. The van der Waals surface area contributed by atoms with Gasteiger partial charge < -0.3 is 15.0 Å². The van der Waals surface area contributed by atoms with Crippen LogP contribution in [0.2, 0.25) is 0 Å². The standard InChI is InChI=1S/C14H22N6O/c1-15-13(11-5-6-16-10-17-11)14-12(21-4)9-18-20(14)8-7-19(2)3/h5-6,9-10,13,15H,7-8H2,1-4H3. The Hall–Kier alpha value is -1.99. The zero-order chi connectivity index (χ0) is 15.2. The van der Waals surface area contributed by atoms with Gasteiger partial charge in [0.2, 0.25) is 0 Å². The van der Waals surface area contributed by atoms with Crippen LogP contribution in [0.4, 0.5) is 0 Å². The second-order valence-electron chi connectivity index (χ2n) is 4.98. The maximum atomic E-state index is 5.46. The Labute approximate surface area is 125 Å². The molecule has 2 rings (SSSR count). The van der Waals surface area contributed by atoms with Crippen LogP contribution in [0.5, 0.6) is 5.75 Å². The van der Waals surface area contributed by atoms with Crippen molar-refractivity contribution in [3.63, 3.8) is 0 Å². The van der Waals surface area contributed by atoms with Gasteiger partial charge in [-0.3, -0.25) is 4.68 Å². The molecule has 7 nitrogen and oxygen atoms in total. The molecule has 1 N–H and O–H groups in total. The molecule has 0 bridgehead atoms. The molecule has 0 aliphatic rings. The third kappa shape index (κ3) is 3.56. The second kappa shape index (κ2) is 7.14. The van der Waals surface area contributed by atoms with E-state index in [1.54, 1.807) is 25.8 Å². The summed E-state index contributed by atoms with van der Waals surface area (Å²) in [7, 11) is 7.64. The van der Waals surface area contributed by atoms with Crippen molar-refractivity contribution in [3.8, 4) is 5.75 Å². The fourth-order valence-corrected chi connectivity index (χ4v) is 2.20. The van der Waals surface area contributed by atoms with Crippen molar-refractivity contribution in [1.82, 2.24) is 30.0 Å². The Morgan fingerprint density at radius 1 is 1.43 bits per heavy atom. The molecule has 0 aromatic carbocycles. The molecule has 0 saturated heterocycles. The van der Waals surface area contributed by atoms with Crippen molar-refractivity contribution in [2.24, 2.45) is 0 Å². The highest BCUT2D eigenvalue weighted by Gasteiger charge is 2.23. The quantitative estimate of drug-likeness (QED) is 0.803. The summed E-state index contributed by atoms with van der Waals surface area (Å²) in [4.78, 5) is 10.4. The van der Waals surface area contributed by atoms with Crippen LogP contribution in [0.15, 0.2) is 24.8 Å². The topological polar surface area (TPSA) is 68.1 Å². The third-order valence-electron chi connectivity index (χ3n) is 3.29. The summed E-state index contributed by atoms with van der Waals surface area (Å²) in [6.07, 6.45) is 5.03. The van der Waals surface area contributed by atoms with Crippen molar-refractivity contribution < 1.29 is 4.74 Å². The molecule has 114 valence electrons. The highest BCUT2D eigenvalue weighted by Crippen LogP contribution is 2.28. The number of aromatic nitrogens is 4. The summed E-state index contributed by atoms with van der Waals surface area (Å²) < 4.78 is 7.42. The van der Waals surface area contributed by atoms with E-state index < -0.39 is 0 Å². The van der Waals surface area contributed by atoms with E-state index in [2.05, 4.69) is 25.3 Å². The highest BCUT2D eigenvalue weighted by molar-refractivity contribution is 5.33. The molecule has 0 aliphatic heterocycles. The minimum absolute atomic E-state index is 0.0902. The van der Waals surface area contributed by atoms with Gasteiger partial charge in [0.25, 0.3) is 0 Å². The van der Waals surface area contributed by atoms with Gasteiger partial charge in [0.15, 0.2) is 5.75 Å². The van der Waals surface area contributed by atoms with E-state index in [9.17, 15) is 0 Å². The number of nitrogens with zero attached hydrogens (tertiary/aromatic N) is 5. The molecule has 2 aromatic heterocycles. The summed E-state index contributed by atoms with van der Waals surface area (Å²) in [6.45, 7) is 1.69. The molecule has 0 amide bonds. The normalized spacial score (nSPS) is 12.6. The largest absolute Gasteiger partial charge is 0.493 e. The maximum Gasteiger partial charge on any atom is 0.161 e. The van der Waals surface area contributed by atoms with Gasteiger partial charge in [-0.1, -0.05) is 0 Å². The number of ether oxygens (including phenoxy) is 1. The first kappa shape index (κ1) is 15.4. The van der Waals surface area contributed by atoms with Gasteiger partial charge in [-0.15, -0.1) is 0 Å². The summed E-state index contributed by atoms with van der Waals surface area (Å²) in [5, 5.41) is 7.71. The molecule has 0 saturated carbocycles. The third-order valence-corrected chi connectivity index (χ3v) is 3.29. The smallest absolute Gasteiger partial charge is 0.161 e. The van der Waals surface area contributed by atoms with Gasteiger partial charge in [-0.05, 0) is 27.2 Å². The molecule has 0 spiro atoms. The Balaban J connectivity index is 2.37. The van der Waals surface area contributed by atoms with Crippen molar-refractivity contribution >= 4 is 0 Å².